The molecule has 9 heteroatoms. The number of carboxylic acid groups (broad SMARTS) is 1. The molecule has 0 spiro atoms. The molecule has 0 amide bonds. The van der Waals surface area contributed by atoms with Gasteiger partial charge in [-0.15, -0.1) is 0 Å². The van der Waals surface area contributed by atoms with E-state index in [1.165, 1.54) is 0 Å². The van der Waals surface area contributed by atoms with Gasteiger partial charge in [-0.05, 0) is 6.42 Å². The normalized spacial score (nSPS) is 24.8. The fraction of sp³-hybridized carbons (Fsp3) is 0.857. The van der Waals surface area contributed by atoms with E-state index in [2.05, 4.69) is 0 Å². The number of hydrogen-bond donors (Lipinski definition) is 1. The average molecular weight is 271 g/mol. The molecule has 1 aliphatic rings. The lowest BCUT2D eigenvalue weighted by Crippen LogP contribution is -2.43. The van der Waals surface area contributed by atoms with E-state index < -0.39 is 38.4 Å². The van der Waals surface area contributed by atoms with Gasteiger partial charge in [0, 0.05) is 6.04 Å². The van der Waals surface area contributed by atoms with Gasteiger partial charge in [-0.1, -0.05) is 0 Å². The number of sulfone groups is 1. The van der Waals surface area contributed by atoms with Crippen molar-refractivity contribution in [2.45, 2.75) is 12.5 Å². The van der Waals surface area contributed by atoms with Crippen molar-refractivity contribution in [1.29, 1.82) is 0 Å². The first-order valence-corrected chi connectivity index (χ1v) is 8.18. The second-order valence-corrected chi connectivity index (χ2v) is 7.92. The molecule has 1 saturated heterocycles. The third kappa shape index (κ3) is 3.42. The Morgan fingerprint density at radius 1 is 1.50 bits per heavy atom. The number of nitrogens with zero attached hydrogens (tertiary/aromatic N) is 1. The van der Waals surface area contributed by atoms with Crippen molar-refractivity contribution in [1.82, 2.24) is 4.31 Å². The summed E-state index contributed by atoms with van der Waals surface area (Å²) in [7, 11) is -6.94. The monoisotopic (exact) mass is 271 g/mol. The molecule has 0 aromatic carbocycles. The quantitative estimate of drug-likeness (QED) is 0.668. The maximum absolute atomic E-state index is 11.3. The van der Waals surface area contributed by atoms with Crippen molar-refractivity contribution >= 4 is 25.8 Å². The molecule has 1 fully saturated rings. The lowest BCUT2D eigenvalue weighted by Gasteiger charge is -2.23. The molecule has 1 N–H and O–H groups in total. The van der Waals surface area contributed by atoms with Crippen molar-refractivity contribution in [3.05, 3.63) is 0 Å². The zero-order chi connectivity index (χ0) is 12.6. The smallest absolute Gasteiger partial charge is 0.318 e. The van der Waals surface area contributed by atoms with Crippen LogP contribution in [0.15, 0.2) is 0 Å². The van der Waals surface area contributed by atoms with E-state index in [1.54, 1.807) is 0 Å². The molecule has 0 saturated carbocycles. The summed E-state index contributed by atoms with van der Waals surface area (Å²) in [6, 6.07) is -0.754. The zero-order valence-electron chi connectivity index (χ0n) is 8.66. The molecular weight excluding hydrogens is 258 g/mol. The van der Waals surface area contributed by atoms with Crippen molar-refractivity contribution in [2.75, 3.05) is 24.3 Å². The highest BCUT2D eigenvalue weighted by molar-refractivity contribution is 7.92. The number of sulfonamides is 1. The summed E-state index contributed by atoms with van der Waals surface area (Å²) in [5, 5.41) is 8.58. The largest absolute Gasteiger partial charge is 0.480 e. The molecule has 1 rings (SSSR count). The van der Waals surface area contributed by atoms with Crippen LogP contribution < -0.4 is 0 Å². The van der Waals surface area contributed by atoms with Gasteiger partial charge < -0.3 is 5.11 Å². The Morgan fingerprint density at radius 3 is 2.38 bits per heavy atom. The highest BCUT2D eigenvalue weighted by atomic mass is 32.2. The zero-order valence-corrected chi connectivity index (χ0v) is 10.3. The van der Waals surface area contributed by atoms with Gasteiger partial charge in [0.05, 0.1) is 17.8 Å². The maximum atomic E-state index is 11.3. The van der Waals surface area contributed by atoms with E-state index >= 15 is 0 Å². The summed E-state index contributed by atoms with van der Waals surface area (Å²) >= 11 is 0. The van der Waals surface area contributed by atoms with Crippen molar-refractivity contribution < 1.29 is 26.7 Å². The molecule has 0 aromatic rings. The first kappa shape index (κ1) is 13.4. The SMILES string of the molecule is CS(=O)(=O)N(CC(=O)O)C1CCS(=O)(=O)C1. The second-order valence-electron chi connectivity index (χ2n) is 3.76. The van der Waals surface area contributed by atoms with E-state index in [1.807, 2.05) is 0 Å². The molecule has 0 radical (unpaired) electrons. The maximum Gasteiger partial charge on any atom is 0.318 e. The predicted octanol–water partition coefficient (Wildman–Crippen LogP) is -1.48. The van der Waals surface area contributed by atoms with Crippen molar-refractivity contribution in [2.24, 2.45) is 0 Å². The summed E-state index contributed by atoms with van der Waals surface area (Å²) in [4.78, 5) is 10.5. The summed E-state index contributed by atoms with van der Waals surface area (Å²) < 4.78 is 45.8. The fourth-order valence-corrected chi connectivity index (χ4v) is 4.54. The molecule has 7 nitrogen and oxygen atoms in total. The van der Waals surface area contributed by atoms with E-state index in [-0.39, 0.29) is 17.9 Å². The Hall–Kier alpha value is -0.670. The second kappa shape index (κ2) is 4.30. The van der Waals surface area contributed by atoms with Crippen LogP contribution in [0.3, 0.4) is 0 Å². The van der Waals surface area contributed by atoms with Gasteiger partial charge in [0.15, 0.2) is 9.84 Å². The van der Waals surface area contributed by atoms with Crippen LogP contribution in [0, 0.1) is 0 Å². The highest BCUT2D eigenvalue weighted by Crippen LogP contribution is 2.19. The van der Waals surface area contributed by atoms with E-state index in [0.717, 1.165) is 10.6 Å². The minimum Gasteiger partial charge on any atom is -0.480 e. The van der Waals surface area contributed by atoms with Gasteiger partial charge in [0.25, 0.3) is 0 Å². The van der Waals surface area contributed by atoms with Crippen LogP contribution in [0.25, 0.3) is 0 Å². The number of carboxylic acids is 1. The van der Waals surface area contributed by atoms with Gasteiger partial charge in [0.2, 0.25) is 10.0 Å². The first-order chi connectivity index (χ1) is 7.12. The third-order valence-corrected chi connectivity index (χ3v) is 5.36. The lowest BCUT2D eigenvalue weighted by molar-refractivity contribution is -0.137. The summed E-state index contributed by atoms with van der Waals surface area (Å²) in [5.74, 6) is -1.69. The van der Waals surface area contributed by atoms with Gasteiger partial charge in [0.1, 0.15) is 6.54 Å². The molecular formula is C7H13NO6S2. The van der Waals surface area contributed by atoms with Crippen LogP contribution in [0.4, 0.5) is 0 Å². The Morgan fingerprint density at radius 2 is 2.06 bits per heavy atom. The minimum absolute atomic E-state index is 0.0939. The third-order valence-electron chi connectivity index (χ3n) is 2.33. The van der Waals surface area contributed by atoms with Gasteiger partial charge in [-0.2, -0.15) is 4.31 Å². The minimum atomic E-state index is -3.71. The molecule has 16 heavy (non-hydrogen) atoms. The molecule has 0 bridgehead atoms. The Balaban J connectivity index is 2.92. The molecule has 0 aliphatic carbocycles. The molecule has 1 aliphatic heterocycles. The van der Waals surface area contributed by atoms with E-state index in [0.29, 0.717) is 0 Å². The Kier molecular flexibility index (Phi) is 3.60. The van der Waals surface area contributed by atoms with Crippen LogP contribution in [0.2, 0.25) is 0 Å². The molecule has 1 heterocycles. The lowest BCUT2D eigenvalue weighted by atomic mass is 10.2. The van der Waals surface area contributed by atoms with Crippen molar-refractivity contribution in [3.63, 3.8) is 0 Å². The van der Waals surface area contributed by atoms with Crippen LogP contribution >= 0.6 is 0 Å². The average Bonchev–Trinajstić information content (AvgIpc) is 2.39. The number of carbonyl (C=O) groups is 1. The van der Waals surface area contributed by atoms with Crippen molar-refractivity contribution in [3.8, 4) is 0 Å². The van der Waals surface area contributed by atoms with Gasteiger partial charge >= 0.3 is 5.97 Å². The summed E-state index contributed by atoms with van der Waals surface area (Å²) in [6.07, 6.45) is 1.03. The Labute approximate surface area is 94.0 Å². The van der Waals surface area contributed by atoms with E-state index in [9.17, 15) is 21.6 Å². The topological polar surface area (TPSA) is 109 Å². The first-order valence-electron chi connectivity index (χ1n) is 4.51. The van der Waals surface area contributed by atoms with E-state index in [4.69, 9.17) is 5.11 Å². The Bertz CT molecular complexity index is 479. The molecule has 1 unspecified atom stereocenters. The van der Waals surface area contributed by atoms with Gasteiger partial charge in [-0.25, -0.2) is 16.8 Å². The summed E-state index contributed by atoms with van der Waals surface area (Å²) in [5.41, 5.74) is 0. The fourth-order valence-electron chi connectivity index (χ4n) is 1.65. The number of aliphatic carboxylic acids is 1. The highest BCUT2D eigenvalue weighted by Gasteiger charge is 2.37. The molecule has 0 aromatic heterocycles. The van der Waals surface area contributed by atoms with Crippen LogP contribution in [0.1, 0.15) is 6.42 Å². The predicted molar refractivity (Wildman–Crippen MR) is 56.2 cm³/mol. The van der Waals surface area contributed by atoms with Crippen LogP contribution in [0.5, 0.6) is 0 Å². The number of hydrogen-bond acceptors (Lipinski definition) is 5. The standard InChI is InChI=1S/C7H13NO6S2/c1-15(11,12)8(4-7(9)10)6-2-3-16(13,14)5-6/h6H,2-5H2,1H3,(H,9,10). The van der Waals surface area contributed by atoms with Crippen LogP contribution in [-0.4, -0.2) is 62.6 Å². The number of rotatable bonds is 4. The summed E-state index contributed by atoms with van der Waals surface area (Å²) in [6.45, 7) is -0.695. The van der Waals surface area contributed by atoms with Gasteiger partial charge in [-0.3, -0.25) is 4.79 Å². The molecule has 94 valence electrons. The van der Waals surface area contributed by atoms with Crippen LogP contribution in [-0.2, 0) is 24.7 Å². The molecule has 1 atom stereocenters.